The lowest BCUT2D eigenvalue weighted by Gasteiger charge is -2.24. The minimum Gasteiger partial charge on any atom is -0.299 e. The zero-order valence-corrected chi connectivity index (χ0v) is 20.2. The van der Waals surface area contributed by atoms with Crippen molar-refractivity contribution < 1.29 is 17.6 Å². The number of rotatable bonds is 7. The maximum Gasteiger partial charge on any atom is 0.264 e. The Labute approximate surface area is 204 Å². The van der Waals surface area contributed by atoms with Crippen LogP contribution in [0.3, 0.4) is 0 Å². The van der Waals surface area contributed by atoms with E-state index < -0.39 is 28.3 Å². The molecule has 4 aromatic rings. The standard InChI is InChI=1S/C23H18ClFN4O3S2/c1-15-2-10-19(11-3-15)29(34(31,32)20-12-8-18(25)9-13-20)14-21(30)26-23-28-27-22(33-23)16-4-6-17(24)7-5-16/h2-13H,14H2,1H3,(H,26,28,30). The van der Waals surface area contributed by atoms with Crippen molar-refractivity contribution in [1.29, 1.82) is 0 Å². The highest BCUT2D eigenvalue weighted by molar-refractivity contribution is 7.92. The smallest absolute Gasteiger partial charge is 0.264 e. The molecular weight excluding hydrogens is 499 g/mol. The number of benzene rings is 3. The molecule has 3 aromatic carbocycles. The second-order valence-electron chi connectivity index (χ2n) is 7.27. The third-order valence-electron chi connectivity index (χ3n) is 4.77. The van der Waals surface area contributed by atoms with Gasteiger partial charge in [0.15, 0.2) is 0 Å². The number of carbonyl (C=O) groups excluding carboxylic acids is 1. The molecule has 0 bridgehead atoms. The van der Waals surface area contributed by atoms with Gasteiger partial charge in [0.05, 0.1) is 10.6 Å². The van der Waals surface area contributed by atoms with E-state index >= 15 is 0 Å². The number of aryl methyl sites for hydroxylation is 1. The van der Waals surface area contributed by atoms with Crippen molar-refractivity contribution in [2.45, 2.75) is 11.8 Å². The zero-order chi connectivity index (χ0) is 24.3. The molecule has 34 heavy (non-hydrogen) atoms. The molecule has 174 valence electrons. The van der Waals surface area contributed by atoms with Gasteiger partial charge in [0, 0.05) is 10.6 Å². The Balaban J connectivity index is 1.58. The highest BCUT2D eigenvalue weighted by Gasteiger charge is 2.27. The number of carbonyl (C=O) groups is 1. The normalized spacial score (nSPS) is 11.3. The monoisotopic (exact) mass is 516 g/mol. The Kier molecular flexibility index (Phi) is 6.92. The molecule has 1 N–H and O–H groups in total. The summed E-state index contributed by atoms with van der Waals surface area (Å²) in [6, 6.07) is 18.1. The van der Waals surface area contributed by atoms with Crippen LogP contribution < -0.4 is 9.62 Å². The first-order valence-corrected chi connectivity index (χ1v) is 12.6. The van der Waals surface area contributed by atoms with E-state index in [1.807, 2.05) is 6.92 Å². The highest BCUT2D eigenvalue weighted by atomic mass is 35.5. The summed E-state index contributed by atoms with van der Waals surface area (Å²) < 4.78 is 41.0. The topological polar surface area (TPSA) is 92.3 Å². The van der Waals surface area contributed by atoms with E-state index in [0.29, 0.717) is 15.7 Å². The van der Waals surface area contributed by atoms with Crippen LogP contribution >= 0.6 is 22.9 Å². The summed E-state index contributed by atoms with van der Waals surface area (Å²) in [7, 11) is -4.15. The summed E-state index contributed by atoms with van der Waals surface area (Å²) in [5.74, 6) is -1.17. The first-order chi connectivity index (χ1) is 16.2. The van der Waals surface area contributed by atoms with Gasteiger partial charge in [0.2, 0.25) is 11.0 Å². The van der Waals surface area contributed by atoms with Gasteiger partial charge >= 0.3 is 0 Å². The number of anilines is 2. The van der Waals surface area contributed by atoms with Gasteiger partial charge < -0.3 is 0 Å². The Morgan fingerprint density at radius 1 is 1.00 bits per heavy atom. The van der Waals surface area contributed by atoms with E-state index in [1.54, 1.807) is 48.5 Å². The largest absolute Gasteiger partial charge is 0.299 e. The minimum atomic E-state index is -4.15. The van der Waals surface area contributed by atoms with E-state index in [4.69, 9.17) is 11.6 Å². The lowest BCUT2D eigenvalue weighted by Crippen LogP contribution is -2.38. The number of aromatic nitrogens is 2. The summed E-state index contributed by atoms with van der Waals surface area (Å²) in [5.41, 5.74) is 2.00. The number of hydrogen-bond acceptors (Lipinski definition) is 6. The number of nitrogens with one attached hydrogen (secondary N) is 1. The second-order valence-corrected chi connectivity index (χ2v) is 10.5. The molecule has 0 aliphatic rings. The molecule has 1 amide bonds. The summed E-state index contributed by atoms with van der Waals surface area (Å²) in [6.45, 7) is 1.35. The molecule has 4 rings (SSSR count). The fourth-order valence-electron chi connectivity index (χ4n) is 3.03. The lowest BCUT2D eigenvalue weighted by molar-refractivity contribution is -0.114. The van der Waals surface area contributed by atoms with Gasteiger partial charge in [0.25, 0.3) is 10.0 Å². The summed E-state index contributed by atoms with van der Waals surface area (Å²) >= 11 is 7.05. The second kappa shape index (κ2) is 9.88. The predicted octanol–water partition coefficient (Wildman–Crippen LogP) is 5.14. The van der Waals surface area contributed by atoms with Crippen molar-refractivity contribution >= 4 is 49.7 Å². The molecule has 0 unspecified atom stereocenters. The van der Waals surface area contributed by atoms with Crippen molar-refractivity contribution in [2.24, 2.45) is 0 Å². The van der Waals surface area contributed by atoms with Gasteiger partial charge in [-0.3, -0.25) is 14.4 Å². The molecule has 0 atom stereocenters. The summed E-state index contributed by atoms with van der Waals surface area (Å²) in [4.78, 5) is 12.7. The molecule has 0 fully saturated rings. The predicted molar refractivity (Wildman–Crippen MR) is 131 cm³/mol. The van der Waals surface area contributed by atoms with Crippen molar-refractivity contribution in [1.82, 2.24) is 10.2 Å². The number of halogens is 2. The van der Waals surface area contributed by atoms with Crippen molar-refractivity contribution in [3.63, 3.8) is 0 Å². The summed E-state index contributed by atoms with van der Waals surface area (Å²) in [6.07, 6.45) is 0. The maximum atomic E-state index is 13.3. The quantitative estimate of drug-likeness (QED) is 0.367. The van der Waals surface area contributed by atoms with Crippen molar-refractivity contribution in [2.75, 3.05) is 16.2 Å². The third kappa shape index (κ3) is 5.41. The molecule has 0 aliphatic heterocycles. The molecule has 11 heteroatoms. The van der Waals surface area contributed by atoms with Gasteiger partial charge in [-0.2, -0.15) is 0 Å². The first-order valence-electron chi connectivity index (χ1n) is 9.97. The van der Waals surface area contributed by atoms with E-state index in [9.17, 15) is 17.6 Å². The third-order valence-corrected chi connectivity index (χ3v) is 7.70. The van der Waals surface area contributed by atoms with Gasteiger partial charge in [-0.05, 0) is 55.5 Å². The number of sulfonamides is 1. The van der Waals surface area contributed by atoms with Crippen LogP contribution in [0.5, 0.6) is 0 Å². The van der Waals surface area contributed by atoms with Crippen LogP contribution in [0.25, 0.3) is 10.6 Å². The lowest BCUT2D eigenvalue weighted by atomic mass is 10.2. The first kappa shape index (κ1) is 23.8. The molecule has 7 nitrogen and oxygen atoms in total. The Morgan fingerprint density at radius 2 is 1.65 bits per heavy atom. The Hall–Kier alpha value is -3.34. The fourth-order valence-corrected chi connectivity index (χ4v) is 5.34. The van der Waals surface area contributed by atoms with E-state index in [0.717, 1.165) is 51.0 Å². The van der Waals surface area contributed by atoms with Crippen molar-refractivity contribution in [3.8, 4) is 10.6 Å². The fraction of sp³-hybridized carbons (Fsp3) is 0.0870. The van der Waals surface area contributed by atoms with Gasteiger partial charge in [-0.1, -0.05) is 52.8 Å². The van der Waals surface area contributed by atoms with Crippen LogP contribution in [0.1, 0.15) is 5.56 Å². The zero-order valence-electron chi connectivity index (χ0n) is 17.8. The number of amides is 1. The van der Waals surface area contributed by atoms with Crippen LogP contribution in [-0.4, -0.2) is 31.1 Å². The van der Waals surface area contributed by atoms with Crippen molar-refractivity contribution in [3.05, 3.63) is 89.2 Å². The molecule has 0 radical (unpaired) electrons. The van der Waals surface area contributed by atoms with Crippen LogP contribution in [0.2, 0.25) is 5.02 Å². The Bertz CT molecular complexity index is 1410. The minimum absolute atomic E-state index is 0.136. The summed E-state index contributed by atoms with van der Waals surface area (Å²) in [5, 5.41) is 12.0. The van der Waals surface area contributed by atoms with Crippen LogP contribution in [0, 0.1) is 12.7 Å². The van der Waals surface area contributed by atoms with E-state index in [1.165, 1.54) is 0 Å². The molecule has 1 heterocycles. The van der Waals surface area contributed by atoms with Crippen LogP contribution in [-0.2, 0) is 14.8 Å². The van der Waals surface area contributed by atoms with Crippen LogP contribution in [0.15, 0.2) is 77.7 Å². The van der Waals surface area contributed by atoms with Gasteiger partial charge in [-0.15, -0.1) is 10.2 Å². The molecule has 0 aliphatic carbocycles. The number of hydrogen-bond donors (Lipinski definition) is 1. The molecule has 1 aromatic heterocycles. The molecule has 0 saturated carbocycles. The van der Waals surface area contributed by atoms with Crippen LogP contribution in [0.4, 0.5) is 15.2 Å². The molecular formula is C23H18ClFN4O3S2. The van der Waals surface area contributed by atoms with Gasteiger partial charge in [-0.25, -0.2) is 12.8 Å². The SMILES string of the molecule is Cc1ccc(N(CC(=O)Nc2nnc(-c3ccc(Cl)cc3)s2)S(=O)(=O)c2ccc(F)cc2)cc1. The molecule has 0 saturated heterocycles. The average Bonchev–Trinajstić information content (AvgIpc) is 3.27. The average molecular weight is 517 g/mol. The molecule has 0 spiro atoms. The maximum absolute atomic E-state index is 13.3. The van der Waals surface area contributed by atoms with E-state index in [-0.39, 0.29) is 10.0 Å². The van der Waals surface area contributed by atoms with E-state index in [2.05, 4.69) is 15.5 Å². The Morgan fingerprint density at radius 3 is 2.29 bits per heavy atom. The highest BCUT2D eigenvalue weighted by Crippen LogP contribution is 2.28. The van der Waals surface area contributed by atoms with Gasteiger partial charge in [0.1, 0.15) is 17.4 Å². The number of nitrogens with zero attached hydrogens (tertiary/aromatic N) is 3.